The third-order valence-electron chi connectivity index (χ3n) is 4.75. The topological polar surface area (TPSA) is 45.2 Å². The van der Waals surface area contributed by atoms with Gasteiger partial charge in [-0.1, -0.05) is 35.9 Å². The van der Waals surface area contributed by atoms with Crippen molar-refractivity contribution < 1.29 is 4.79 Å². The van der Waals surface area contributed by atoms with Gasteiger partial charge in [0.05, 0.1) is 0 Å². The summed E-state index contributed by atoms with van der Waals surface area (Å²) >= 11 is 0. The lowest BCUT2D eigenvalue weighted by atomic mass is 10.1. The monoisotopic (exact) mass is 343 g/mol. The number of aromatic nitrogens is 1. The molecule has 1 amide bonds. The van der Waals surface area contributed by atoms with Gasteiger partial charge in [-0.15, -0.1) is 0 Å². The molecule has 1 atom stereocenters. The van der Waals surface area contributed by atoms with Crippen LogP contribution in [0.15, 0.2) is 66.9 Å². The van der Waals surface area contributed by atoms with Crippen molar-refractivity contribution in [2.45, 2.75) is 26.3 Å². The maximum atomic E-state index is 13.1. The van der Waals surface area contributed by atoms with Gasteiger partial charge in [-0.3, -0.25) is 9.78 Å². The molecule has 0 saturated carbocycles. The molecule has 0 fully saturated rings. The zero-order valence-corrected chi connectivity index (χ0v) is 14.9. The normalized spacial score (nSPS) is 15.6. The van der Waals surface area contributed by atoms with Gasteiger partial charge >= 0.3 is 0 Å². The Bertz CT molecular complexity index is 950. The van der Waals surface area contributed by atoms with E-state index in [4.69, 9.17) is 0 Å². The average molecular weight is 343 g/mol. The van der Waals surface area contributed by atoms with Gasteiger partial charge in [0.2, 0.25) is 0 Å². The van der Waals surface area contributed by atoms with Crippen molar-refractivity contribution in [1.29, 1.82) is 0 Å². The third kappa shape index (κ3) is 3.06. The number of aryl methyl sites for hydroxylation is 1. The van der Waals surface area contributed by atoms with Crippen LogP contribution in [0.25, 0.3) is 0 Å². The highest BCUT2D eigenvalue weighted by atomic mass is 16.2. The Labute approximate surface area is 153 Å². The van der Waals surface area contributed by atoms with E-state index in [1.165, 1.54) is 11.1 Å². The van der Waals surface area contributed by atoms with E-state index in [2.05, 4.69) is 42.3 Å². The number of anilines is 3. The fourth-order valence-electron chi connectivity index (χ4n) is 3.43. The molecular weight excluding hydrogens is 322 g/mol. The predicted octanol–water partition coefficient (Wildman–Crippen LogP) is 4.73. The summed E-state index contributed by atoms with van der Waals surface area (Å²) < 4.78 is 0. The van der Waals surface area contributed by atoms with E-state index in [0.29, 0.717) is 5.69 Å². The summed E-state index contributed by atoms with van der Waals surface area (Å²) in [6.07, 6.45) is 2.56. The summed E-state index contributed by atoms with van der Waals surface area (Å²) in [4.78, 5) is 19.3. The Morgan fingerprint density at radius 2 is 1.85 bits per heavy atom. The zero-order chi connectivity index (χ0) is 18.1. The highest BCUT2D eigenvalue weighted by molar-refractivity contribution is 6.07. The molecule has 2 aromatic carbocycles. The van der Waals surface area contributed by atoms with Gasteiger partial charge in [-0.2, -0.15) is 0 Å². The predicted molar refractivity (Wildman–Crippen MR) is 105 cm³/mol. The zero-order valence-electron chi connectivity index (χ0n) is 14.9. The fraction of sp³-hybridized carbons (Fsp3) is 0.182. The molecule has 4 heteroatoms. The molecule has 0 aliphatic carbocycles. The maximum absolute atomic E-state index is 13.1. The largest absolute Gasteiger partial charge is 0.355 e. The number of carbonyl (C=O) groups is 1. The number of para-hydroxylation sites is 1. The minimum atomic E-state index is -0.0602. The molecule has 1 aromatic heterocycles. The van der Waals surface area contributed by atoms with Crippen LogP contribution >= 0.6 is 0 Å². The molecule has 4 rings (SSSR count). The first-order valence-electron chi connectivity index (χ1n) is 8.83. The van der Waals surface area contributed by atoms with E-state index < -0.39 is 0 Å². The second-order valence-corrected chi connectivity index (χ2v) is 6.78. The van der Waals surface area contributed by atoms with Gasteiger partial charge in [0, 0.05) is 29.3 Å². The number of nitrogens with one attached hydrogen (secondary N) is 1. The van der Waals surface area contributed by atoms with Gasteiger partial charge in [-0.05, 0) is 56.2 Å². The second-order valence-electron chi connectivity index (χ2n) is 6.78. The standard InChI is InChI=1S/C22H21N3O/c1-15-7-9-18(10-8-15)24-19-11-12-23-20(14-19)22(26)25-16(2)13-17-5-3-4-6-21(17)25/h3-12,14,16H,13H2,1-2H3,(H,23,24). The molecule has 0 bridgehead atoms. The van der Waals surface area contributed by atoms with E-state index >= 15 is 0 Å². The molecule has 0 spiro atoms. The molecule has 1 aliphatic heterocycles. The molecule has 0 radical (unpaired) electrons. The lowest BCUT2D eigenvalue weighted by Crippen LogP contribution is -2.36. The smallest absolute Gasteiger partial charge is 0.277 e. The molecule has 1 aliphatic rings. The molecule has 26 heavy (non-hydrogen) atoms. The van der Waals surface area contributed by atoms with Crippen molar-refractivity contribution in [1.82, 2.24) is 4.98 Å². The lowest BCUT2D eigenvalue weighted by Gasteiger charge is -2.22. The number of benzene rings is 2. The number of nitrogens with zero attached hydrogens (tertiary/aromatic N) is 2. The van der Waals surface area contributed by atoms with Crippen LogP contribution in [0.5, 0.6) is 0 Å². The second kappa shape index (κ2) is 6.64. The van der Waals surface area contributed by atoms with Gasteiger partial charge < -0.3 is 10.2 Å². The Balaban J connectivity index is 1.60. The van der Waals surface area contributed by atoms with Crippen molar-refractivity contribution >= 4 is 23.0 Å². The SMILES string of the molecule is Cc1ccc(Nc2ccnc(C(=O)N3c4ccccc4CC3C)c2)cc1. The van der Waals surface area contributed by atoms with Gasteiger partial charge in [0.25, 0.3) is 5.91 Å². The molecule has 130 valence electrons. The first-order chi connectivity index (χ1) is 12.6. The van der Waals surface area contributed by atoms with Crippen LogP contribution in [0.4, 0.5) is 17.1 Å². The minimum absolute atomic E-state index is 0.0602. The molecule has 1 N–H and O–H groups in total. The van der Waals surface area contributed by atoms with Crippen LogP contribution in [0.2, 0.25) is 0 Å². The Kier molecular flexibility index (Phi) is 4.17. The molecule has 0 saturated heterocycles. The van der Waals surface area contributed by atoms with Crippen molar-refractivity contribution in [3.63, 3.8) is 0 Å². The summed E-state index contributed by atoms with van der Waals surface area (Å²) in [6.45, 7) is 4.13. The molecule has 4 nitrogen and oxygen atoms in total. The van der Waals surface area contributed by atoms with E-state index in [0.717, 1.165) is 23.5 Å². The Hall–Kier alpha value is -3.14. The van der Waals surface area contributed by atoms with Gasteiger partial charge in [-0.25, -0.2) is 0 Å². The van der Waals surface area contributed by atoms with Crippen molar-refractivity contribution in [3.8, 4) is 0 Å². The molecule has 3 aromatic rings. The first kappa shape index (κ1) is 16.3. The van der Waals surface area contributed by atoms with Crippen molar-refractivity contribution in [2.75, 3.05) is 10.2 Å². The number of pyridine rings is 1. The highest BCUT2D eigenvalue weighted by Crippen LogP contribution is 2.33. The van der Waals surface area contributed by atoms with Gasteiger partial charge in [0.1, 0.15) is 5.69 Å². The third-order valence-corrected chi connectivity index (χ3v) is 4.75. The lowest BCUT2D eigenvalue weighted by molar-refractivity contribution is 0.0976. The summed E-state index contributed by atoms with van der Waals surface area (Å²) in [7, 11) is 0. The number of hydrogen-bond donors (Lipinski definition) is 1. The summed E-state index contributed by atoms with van der Waals surface area (Å²) in [5, 5.41) is 3.34. The van der Waals surface area contributed by atoms with Crippen LogP contribution in [-0.4, -0.2) is 16.9 Å². The summed E-state index contributed by atoms with van der Waals surface area (Å²) in [6, 6.07) is 20.1. The number of hydrogen-bond acceptors (Lipinski definition) is 3. The van der Waals surface area contributed by atoms with E-state index in [-0.39, 0.29) is 11.9 Å². The summed E-state index contributed by atoms with van der Waals surface area (Å²) in [5.74, 6) is -0.0602. The average Bonchev–Trinajstić information content (AvgIpc) is 2.99. The van der Waals surface area contributed by atoms with Crippen LogP contribution < -0.4 is 10.2 Å². The van der Waals surface area contributed by atoms with E-state index in [1.807, 2.05) is 47.4 Å². The van der Waals surface area contributed by atoms with Crippen molar-refractivity contribution in [3.05, 3.63) is 83.7 Å². The van der Waals surface area contributed by atoms with E-state index in [1.54, 1.807) is 6.20 Å². The van der Waals surface area contributed by atoms with Crippen LogP contribution in [0, 0.1) is 6.92 Å². The molecular formula is C22H21N3O. The highest BCUT2D eigenvalue weighted by Gasteiger charge is 2.31. The van der Waals surface area contributed by atoms with Crippen LogP contribution in [0.1, 0.15) is 28.5 Å². The Morgan fingerprint density at radius 1 is 1.08 bits per heavy atom. The minimum Gasteiger partial charge on any atom is -0.355 e. The maximum Gasteiger partial charge on any atom is 0.277 e. The number of amides is 1. The number of carbonyl (C=O) groups excluding carboxylic acids is 1. The first-order valence-corrected chi connectivity index (χ1v) is 8.83. The molecule has 1 unspecified atom stereocenters. The number of rotatable bonds is 3. The fourth-order valence-corrected chi connectivity index (χ4v) is 3.43. The summed E-state index contributed by atoms with van der Waals surface area (Å²) in [5.41, 5.74) is 5.70. The van der Waals surface area contributed by atoms with Gasteiger partial charge in [0.15, 0.2) is 0 Å². The number of fused-ring (bicyclic) bond motifs is 1. The van der Waals surface area contributed by atoms with Crippen molar-refractivity contribution in [2.24, 2.45) is 0 Å². The van der Waals surface area contributed by atoms with Crippen LogP contribution in [0.3, 0.4) is 0 Å². The van der Waals surface area contributed by atoms with Crippen LogP contribution in [-0.2, 0) is 6.42 Å². The Morgan fingerprint density at radius 3 is 2.65 bits per heavy atom. The molecule has 2 heterocycles. The quantitative estimate of drug-likeness (QED) is 0.748. The van der Waals surface area contributed by atoms with E-state index in [9.17, 15) is 4.79 Å².